The minimum atomic E-state index is 0.330. The monoisotopic (exact) mass is 250 g/mol. The molecule has 1 aromatic rings. The maximum Gasteiger partial charge on any atom is 0.126 e. The van der Waals surface area contributed by atoms with Crippen molar-refractivity contribution in [3.05, 3.63) is 23.9 Å². The maximum atomic E-state index is 5.59. The van der Waals surface area contributed by atoms with Crippen molar-refractivity contribution in [2.45, 2.75) is 32.3 Å². The highest BCUT2D eigenvalue weighted by molar-refractivity contribution is 5.34. The van der Waals surface area contributed by atoms with Gasteiger partial charge in [0.25, 0.3) is 0 Å². The number of aryl methyl sites for hydroxylation is 1. The Morgan fingerprint density at radius 1 is 1.50 bits per heavy atom. The fourth-order valence-electron chi connectivity index (χ4n) is 2.02. The SMILES string of the molecule is Cc1cccc(NCCCOCC2CCCO2)n1. The summed E-state index contributed by atoms with van der Waals surface area (Å²) in [5.74, 6) is 0.939. The first-order chi connectivity index (χ1) is 8.84. The van der Waals surface area contributed by atoms with Crippen molar-refractivity contribution in [2.24, 2.45) is 0 Å². The zero-order valence-electron chi connectivity index (χ0n) is 11.0. The summed E-state index contributed by atoms with van der Waals surface area (Å²) in [6.45, 7) is 5.30. The van der Waals surface area contributed by atoms with Crippen LogP contribution < -0.4 is 5.32 Å². The first kappa shape index (κ1) is 13.3. The summed E-state index contributed by atoms with van der Waals surface area (Å²) < 4.78 is 11.1. The van der Waals surface area contributed by atoms with Crippen LogP contribution in [0.25, 0.3) is 0 Å². The molecule has 0 radical (unpaired) electrons. The normalized spacial score (nSPS) is 19.1. The molecule has 0 spiro atoms. The predicted molar refractivity (Wildman–Crippen MR) is 71.9 cm³/mol. The third kappa shape index (κ3) is 4.63. The van der Waals surface area contributed by atoms with Crippen molar-refractivity contribution < 1.29 is 9.47 Å². The van der Waals surface area contributed by atoms with Crippen LogP contribution in [0.4, 0.5) is 5.82 Å². The van der Waals surface area contributed by atoms with Crippen molar-refractivity contribution in [1.82, 2.24) is 4.98 Å². The fraction of sp³-hybridized carbons (Fsp3) is 0.643. The van der Waals surface area contributed by atoms with E-state index >= 15 is 0 Å². The fourth-order valence-corrected chi connectivity index (χ4v) is 2.02. The first-order valence-corrected chi connectivity index (χ1v) is 6.71. The minimum absolute atomic E-state index is 0.330. The van der Waals surface area contributed by atoms with Crippen LogP contribution in [0.1, 0.15) is 25.0 Å². The van der Waals surface area contributed by atoms with Crippen LogP contribution >= 0.6 is 0 Å². The third-order valence-corrected chi connectivity index (χ3v) is 2.99. The van der Waals surface area contributed by atoms with Gasteiger partial charge < -0.3 is 14.8 Å². The number of aromatic nitrogens is 1. The molecule has 1 aliphatic heterocycles. The van der Waals surface area contributed by atoms with E-state index in [-0.39, 0.29) is 0 Å². The molecular formula is C14H22N2O2. The van der Waals surface area contributed by atoms with Gasteiger partial charge in [-0.05, 0) is 38.3 Å². The van der Waals surface area contributed by atoms with Crippen molar-refractivity contribution in [3.63, 3.8) is 0 Å². The summed E-state index contributed by atoms with van der Waals surface area (Å²) in [7, 11) is 0. The van der Waals surface area contributed by atoms with E-state index in [0.29, 0.717) is 6.10 Å². The Kier molecular flexibility index (Phi) is 5.42. The zero-order chi connectivity index (χ0) is 12.6. The second-order valence-corrected chi connectivity index (χ2v) is 4.65. The molecule has 1 aliphatic rings. The first-order valence-electron chi connectivity index (χ1n) is 6.71. The van der Waals surface area contributed by atoms with Crippen LogP contribution in [-0.2, 0) is 9.47 Å². The Morgan fingerprint density at radius 2 is 2.44 bits per heavy atom. The summed E-state index contributed by atoms with van der Waals surface area (Å²) in [4.78, 5) is 4.38. The Hall–Kier alpha value is -1.13. The molecule has 0 aromatic carbocycles. The quantitative estimate of drug-likeness (QED) is 0.755. The van der Waals surface area contributed by atoms with Gasteiger partial charge in [0.15, 0.2) is 0 Å². The average molecular weight is 250 g/mol. The summed E-state index contributed by atoms with van der Waals surface area (Å²) >= 11 is 0. The number of rotatable bonds is 7. The van der Waals surface area contributed by atoms with Crippen LogP contribution in [0, 0.1) is 6.92 Å². The van der Waals surface area contributed by atoms with E-state index < -0.39 is 0 Å². The summed E-state index contributed by atoms with van der Waals surface area (Å²) in [6.07, 6.45) is 3.64. The van der Waals surface area contributed by atoms with Crippen LogP contribution in [0.5, 0.6) is 0 Å². The second-order valence-electron chi connectivity index (χ2n) is 4.65. The lowest BCUT2D eigenvalue weighted by Gasteiger charge is -2.10. The van der Waals surface area contributed by atoms with E-state index in [1.807, 2.05) is 25.1 Å². The van der Waals surface area contributed by atoms with E-state index in [9.17, 15) is 0 Å². The molecule has 1 atom stereocenters. The molecule has 0 aliphatic carbocycles. The van der Waals surface area contributed by atoms with Gasteiger partial charge in [0, 0.05) is 25.5 Å². The molecule has 4 nitrogen and oxygen atoms in total. The maximum absolute atomic E-state index is 5.59. The highest BCUT2D eigenvalue weighted by atomic mass is 16.5. The van der Waals surface area contributed by atoms with Gasteiger partial charge in [0.05, 0.1) is 12.7 Å². The van der Waals surface area contributed by atoms with Crippen LogP contribution in [0.15, 0.2) is 18.2 Å². The van der Waals surface area contributed by atoms with Crippen molar-refractivity contribution in [2.75, 3.05) is 31.7 Å². The standard InChI is InChI=1S/C14H22N2O2/c1-12-5-2-7-14(16-12)15-8-4-9-17-11-13-6-3-10-18-13/h2,5,7,13H,3-4,6,8-11H2,1H3,(H,15,16). The molecule has 1 N–H and O–H groups in total. The van der Waals surface area contributed by atoms with E-state index in [0.717, 1.165) is 50.7 Å². The van der Waals surface area contributed by atoms with Gasteiger partial charge in [0.1, 0.15) is 5.82 Å². The molecule has 1 unspecified atom stereocenters. The van der Waals surface area contributed by atoms with Gasteiger partial charge in [-0.2, -0.15) is 0 Å². The summed E-state index contributed by atoms with van der Waals surface area (Å²) in [5, 5.41) is 3.29. The highest BCUT2D eigenvalue weighted by Crippen LogP contribution is 2.11. The van der Waals surface area contributed by atoms with Gasteiger partial charge in [-0.25, -0.2) is 4.98 Å². The number of nitrogens with one attached hydrogen (secondary N) is 1. The van der Waals surface area contributed by atoms with Crippen molar-refractivity contribution in [1.29, 1.82) is 0 Å². The van der Waals surface area contributed by atoms with E-state index in [1.165, 1.54) is 6.42 Å². The Morgan fingerprint density at radius 3 is 3.22 bits per heavy atom. The molecule has 2 heterocycles. The predicted octanol–water partition coefficient (Wildman–Crippen LogP) is 2.39. The lowest BCUT2D eigenvalue weighted by atomic mass is 10.2. The zero-order valence-corrected chi connectivity index (χ0v) is 11.0. The molecule has 1 aromatic heterocycles. The van der Waals surface area contributed by atoms with Crippen LogP contribution in [0.2, 0.25) is 0 Å². The molecule has 100 valence electrons. The Labute approximate surface area is 109 Å². The van der Waals surface area contributed by atoms with Crippen LogP contribution in [0.3, 0.4) is 0 Å². The minimum Gasteiger partial charge on any atom is -0.379 e. The van der Waals surface area contributed by atoms with Crippen molar-refractivity contribution >= 4 is 5.82 Å². The van der Waals surface area contributed by atoms with Gasteiger partial charge in [0.2, 0.25) is 0 Å². The number of anilines is 1. The van der Waals surface area contributed by atoms with E-state index in [4.69, 9.17) is 9.47 Å². The number of pyridine rings is 1. The van der Waals surface area contributed by atoms with Gasteiger partial charge in [-0.3, -0.25) is 0 Å². The third-order valence-electron chi connectivity index (χ3n) is 2.99. The Bertz CT molecular complexity index is 351. The smallest absolute Gasteiger partial charge is 0.126 e. The number of hydrogen-bond donors (Lipinski definition) is 1. The highest BCUT2D eigenvalue weighted by Gasteiger charge is 2.14. The number of ether oxygens (including phenoxy) is 2. The number of hydrogen-bond acceptors (Lipinski definition) is 4. The molecule has 4 heteroatoms. The molecular weight excluding hydrogens is 228 g/mol. The number of nitrogens with zero attached hydrogens (tertiary/aromatic N) is 1. The van der Waals surface area contributed by atoms with Gasteiger partial charge >= 0.3 is 0 Å². The van der Waals surface area contributed by atoms with E-state index in [1.54, 1.807) is 0 Å². The molecule has 18 heavy (non-hydrogen) atoms. The molecule has 0 amide bonds. The average Bonchev–Trinajstić information content (AvgIpc) is 2.87. The van der Waals surface area contributed by atoms with Crippen molar-refractivity contribution in [3.8, 4) is 0 Å². The lowest BCUT2D eigenvalue weighted by molar-refractivity contribution is 0.0172. The summed E-state index contributed by atoms with van der Waals surface area (Å²) in [5.41, 5.74) is 1.04. The largest absolute Gasteiger partial charge is 0.379 e. The molecule has 0 bridgehead atoms. The second kappa shape index (κ2) is 7.34. The molecule has 0 saturated carbocycles. The lowest BCUT2D eigenvalue weighted by Crippen LogP contribution is -2.15. The Balaban J connectivity index is 1.50. The van der Waals surface area contributed by atoms with Gasteiger partial charge in [-0.1, -0.05) is 6.07 Å². The summed E-state index contributed by atoms with van der Waals surface area (Å²) in [6, 6.07) is 5.99. The molecule has 1 fully saturated rings. The van der Waals surface area contributed by atoms with Crippen LogP contribution in [-0.4, -0.2) is 37.5 Å². The van der Waals surface area contributed by atoms with Gasteiger partial charge in [-0.15, -0.1) is 0 Å². The molecule has 1 saturated heterocycles. The van der Waals surface area contributed by atoms with E-state index in [2.05, 4.69) is 10.3 Å². The topological polar surface area (TPSA) is 43.4 Å². The molecule has 2 rings (SSSR count).